The van der Waals surface area contributed by atoms with E-state index in [-0.39, 0.29) is 31.4 Å². The van der Waals surface area contributed by atoms with Crippen molar-refractivity contribution in [1.82, 2.24) is 9.88 Å². The molecule has 1 aliphatic rings. The van der Waals surface area contributed by atoms with Crippen LogP contribution in [0.25, 0.3) is 17.0 Å². The van der Waals surface area contributed by atoms with Crippen LogP contribution in [-0.2, 0) is 25.7 Å². The van der Waals surface area contributed by atoms with Crippen molar-refractivity contribution in [3.8, 4) is 0 Å². The van der Waals surface area contributed by atoms with Gasteiger partial charge in [-0.1, -0.05) is 63.6 Å². The standard InChI is InChI=1S/C34H44N4O6/c1-5-6-7-8-9-10-11-16-31(40)43-23-38-32-27(36-22-34(3,42)33(38)41)19-25(20-35-32)17-18-30(39)37(4)21-29-24(2)26-14-12-13-15-28(26)44-29/h12-15,17-20,36,42H,5-11,16,21-23H2,1-4H3/b18-17+/t34-/m1/s1. The predicted octanol–water partition coefficient (Wildman–Crippen LogP) is 5.96. The summed E-state index contributed by atoms with van der Waals surface area (Å²) < 4.78 is 11.4. The van der Waals surface area contributed by atoms with Crippen molar-refractivity contribution in [1.29, 1.82) is 0 Å². The molecule has 3 aromatic rings. The van der Waals surface area contributed by atoms with E-state index in [0.717, 1.165) is 41.6 Å². The van der Waals surface area contributed by atoms with Gasteiger partial charge in [0, 0.05) is 36.7 Å². The summed E-state index contributed by atoms with van der Waals surface area (Å²) in [6.07, 6.45) is 12.5. The Bertz CT molecular complexity index is 1490. The van der Waals surface area contributed by atoms with Crippen LogP contribution in [0, 0.1) is 6.92 Å². The number of aliphatic hydroxyl groups is 1. The van der Waals surface area contributed by atoms with E-state index in [1.165, 1.54) is 49.8 Å². The number of aryl methyl sites for hydroxylation is 1. The summed E-state index contributed by atoms with van der Waals surface area (Å²) in [5, 5.41) is 14.9. The van der Waals surface area contributed by atoms with Crippen LogP contribution in [0.1, 0.15) is 82.1 Å². The normalized spacial score (nSPS) is 16.6. The number of carbonyl (C=O) groups is 3. The third-order valence-electron chi connectivity index (χ3n) is 7.93. The third-order valence-corrected chi connectivity index (χ3v) is 7.93. The first-order chi connectivity index (χ1) is 21.1. The van der Waals surface area contributed by atoms with Crippen LogP contribution in [0.15, 0.2) is 47.0 Å². The molecule has 4 rings (SSSR count). The molecular weight excluding hydrogens is 560 g/mol. The Hall–Kier alpha value is -4.18. The largest absolute Gasteiger partial charge is 0.459 e. The average molecular weight is 605 g/mol. The van der Waals surface area contributed by atoms with Gasteiger partial charge in [-0.3, -0.25) is 19.3 Å². The van der Waals surface area contributed by atoms with Crippen LogP contribution in [0.4, 0.5) is 11.5 Å². The van der Waals surface area contributed by atoms with E-state index in [1.807, 2.05) is 31.2 Å². The van der Waals surface area contributed by atoms with Gasteiger partial charge in [-0.15, -0.1) is 0 Å². The number of pyridine rings is 1. The predicted molar refractivity (Wildman–Crippen MR) is 171 cm³/mol. The second kappa shape index (κ2) is 15.0. The summed E-state index contributed by atoms with van der Waals surface area (Å²) >= 11 is 0. The number of esters is 1. The van der Waals surface area contributed by atoms with Gasteiger partial charge in [0.05, 0.1) is 18.8 Å². The smallest absolute Gasteiger partial charge is 0.307 e. The number of aromatic nitrogens is 1. The molecule has 0 saturated carbocycles. The summed E-state index contributed by atoms with van der Waals surface area (Å²) in [6, 6.07) is 9.50. The van der Waals surface area contributed by atoms with Gasteiger partial charge < -0.3 is 24.5 Å². The molecule has 0 radical (unpaired) electrons. The average Bonchev–Trinajstić information content (AvgIpc) is 3.28. The fraction of sp³-hybridized carbons (Fsp3) is 0.471. The zero-order valence-corrected chi connectivity index (χ0v) is 26.2. The number of benzene rings is 1. The molecule has 0 spiro atoms. The molecule has 10 nitrogen and oxygen atoms in total. The van der Waals surface area contributed by atoms with Gasteiger partial charge in [-0.05, 0) is 44.0 Å². The van der Waals surface area contributed by atoms with Crippen LogP contribution in [0.3, 0.4) is 0 Å². The monoisotopic (exact) mass is 604 g/mol. The van der Waals surface area contributed by atoms with Crippen molar-refractivity contribution in [3.63, 3.8) is 0 Å². The quantitative estimate of drug-likeness (QED) is 0.131. The molecule has 0 bridgehead atoms. The number of para-hydroxylation sites is 1. The maximum absolute atomic E-state index is 13.2. The van der Waals surface area contributed by atoms with E-state index in [4.69, 9.17) is 9.15 Å². The lowest BCUT2D eigenvalue weighted by Gasteiger charge is -2.26. The molecule has 1 aromatic carbocycles. The van der Waals surface area contributed by atoms with Crippen molar-refractivity contribution in [2.75, 3.05) is 30.5 Å². The molecule has 44 heavy (non-hydrogen) atoms. The van der Waals surface area contributed by atoms with Crippen LogP contribution in [-0.4, -0.2) is 58.7 Å². The molecule has 10 heteroatoms. The van der Waals surface area contributed by atoms with E-state index < -0.39 is 17.5 Å². The molecule has 3 heterocycles. The number of likely N-dealkylation sites (N-methyl/N-ethyl adjacent to an activating group) is 1. The molecule has 0 unspecified atom stereocenters. The van der Waals surface area contributed by atoms with E-state index in [9.17, 15) is 19.5 Å². The number of ether oxygens (including phenoxy) is 1. The number of β-amino-alcohol motifs (C(OH)–C–C–N with tert-alkyl or cyclic N) is 1. The molecule has 0 saturated heterocycles. The lowest BCUT2D eigenvalue weighted by Crippen LogP contribution is -2.50. The number of nitrogens with zero attached hydrogens (tertiary/aromatic N) is 3. The Morgan fingerprint density at radius 1 is 1.18 bits per heavy atom. The van der Waals surface area contributed by atoms with Gasteiger partial charge in [0.1, 0.15) is 11.3 Å². The van der Waals surface area contributed by atoms with Gasteiger partial charge in [0.2, 0.25) is 5.91 Å². The number of rotatable bonds is 14. The number of hydrogen-bond donors (Lipinski definition) is 2. The van der Waals surface area contributed by atoms with Gasteiger partial charge in [-0.2, -0.15) is 0 Å². The Morgan fingerprint density at radius 2 is 1.91 bits per heavy atom. The van der Waals surface area contributed by atoms with E-state index in [1.54, 1.807) is 24.1 Å². The Labute approximate surface area is 259 Å². The van der Waals surface area contributed by atoms with Crippen molar-refractivity contribution in [2.24, 2.45) is 0 Å². The highest BCUT2D eigenvalue weighted by Crippen LogP contribution is 2.31. The molecule has 2 amide bonds. The number of furan rings is 1. The molecule has 1 aliphatic heterocycles. The van der Waals surface area contributed by atoms with Gasteiger partial charge in [-0.25, -0.2) is 4.98 Å². The SMILES string of the molecule is CCCCCCCCCC(=O)OCN1C(=O)[C@](C)(O)CNc2cc(/C=C/C(=O)N(C)Cc3oc4ccccc4c3C)cnc21. The molecule has 1 atom stereocenters. The van der Waals surface area contributed by atoms with Crippen LogP contribution in [0.5, 0.6) is 0 Å². The Morgan fingerprint density at radius 3 is 2.66 bits per heavy atom. The number of hydrogen-bond acceptors (Lipinski definition) is 8. The summed E-state index contributed by atoms with van der Waals surface area (Å²) in [4.78, 5) is 45.7. The fourth-order valence-corrected chi connectivity index (χ4v) is 5.16. The number of unbranched alkanes of at least 4 members (excludes halogenated alkanes) is 6. The second-order valence-electron chi connectivity index (χ2n) is 11.7. The lowest BCUT2D eigenvalue weighted by molar-refractivity contribution is -0.145. The first-order valence-corrected chi connectivity index (χ1v) is 15.4. The maximum atomic E-state index is 13.2. The Balaban J connectivity index is 1.38. The molecule has 0 aliphatic carbocycles. The summed E-state index contributed by atoms with van der Waals surface area (Å²) in [7, 11) is 1.70. The second-order valence-corrected chi connectivity index (χ2v) is 11.7. The number of amides is 2. The topological polar surface area (TPSA) is 125 Å². The van der Waals surface area contributed by atoms with Gasteiger partial charge in [0.15, 0.2) is 18.1 Å². The minimum atomic E-state index is -1.74. The van der Waals surface area contributed by atoms with Gasteiger partial charge >= 0.3 is 5.97 Å². The first-order valence-electron chi connectivity index (χ1n) is 15.4. The van der Waals surface area contributed by atoms with Crippen molar-refractivity contribution in [3.05, 3.63) is 59.5 Å². The van der Waals surface area contributed by atoms with E-state index >= 15 is 0 Å². The zero-order valence-electron chi connectivity index (χ0n) is 26.2. The first kappa shape index (κ1) is 32.7. The van der Waals surface area contributed by atoms with E-state index in [2.05, 4.69) is 17.2 Å². The van der Waals surface area contributed by atoms with Gasteiger partial charge in [0.25, 0.3) is 5.91 Å². The fourth-order valence-electron chi connectivity index (χ4n) is 5.16. The molecule has 236 valence electrons. The van der Waals surface area contributed by atoms with Crippen molar-refractivity contribution in [2.45, 2.75) is 84.3 Å². The highest BCUT2D eigenvalue weighted by molar-refractivity contribution is 6.02. The van der Waals surface area contributed by atoms with Crippen LogP contribution < -0.4 is 10.2 Å². The minimum absolute atomic E-state index is 0.0608. The number of anilines is 2. The molecule has 0 fully saturated rings. The third kappa shape index (κ3) is 8.25. The van der Waals surface area contributed by atoms with Crippen molar-refractivity contribution < 1.29 is 28.6 Å². The lowest BCUT2D eigenvalue weighted by atomic mass is 10.1. The highest BCUT2D eigenvalue weighted by Gasteiger charge is 2.39. The number of nitrogens with one attached hydrogen (secondary N) is 1. The summed E-state index contributed by atoms with van der Waals surface area (Å²) in [5.41, 5.74) is 1.13. The van der Waals surface area contributed by atoms with Crippen molar-refractivity contribution >= 4 is 46.3 Å². The Kier molecular flexibility index (Phi) is 11.2. The highest BCUT2D eigenvalue weighted by atomic mass is 16.5. The minimum Gasteiger partial charge on any atom is -0.459 e. The maximum Gasteiger partial charge on any atom is 0.307 e. The van der Waals surface area contributed by atoms with Crippen LogP contribution in [0.2, 0.25) is 0 Å². The van der Waals surface area contributed by atoms with Crippen LogP contribution >= 0.6 is 0 Å². The number of carbonyl (C=O) groups excluding carboxylic acids is 3. The molecule has 2 aromatic heterocycles. The summed E-state index contributed by atoms with van der Waals surface area (Å²) in [6.45, 7) is 5.46. The zero-order chi connectivity index (χ0) is 31.7. The number of fused-ring (bicyclic) bond motifs is 2. The molecule has 2 N–H and O–H groups in total. The summed E-state index contributed by atoms with van der Waals surface area (Å²) in [5.74, 6) is -0.283. The molecular formula is C34H44N4O6. The van der Waals surface area contributed by atoms with E-state index in [0.29, 0.717) is 17.8 Å².